The predicted molar refractivity (Wildman–Crippen MR) is 127 cm³/mol. The predicted octanol–water partition coefficient (Wildman–Crippen LogP) is 1.17. The fourth-order valence-electron chi connectivity index (χ4n) is 2.93. The third-order valence-corrected chi connectivity index (χ3v) is 10.9. The SMILES string of the molecule is CCO[Si](CC)(OCC)OCCNCCN.CO[Si](CCN)(OC)c1ccccc1. The van der Waals surface area contributed by atoms with Crippen molar-refractivity contribution in [1.29, 1.82) is 0 Å². The molecule has 0 unspecified atom stereocenters. The van der Waals surface area contributed by atoms with Gasteiger partial charge in [0.1, 0.15) is 0 Å². The Hall–Kier alpha value is -0.666. The number of nitrogens with two attached hydrogens (primary N) is 2. The molecule has 0 saturated carbocycles. The molecule has 0 spiro atoms. The van der Waals surface area contributed by atoms with Gasteiger partial charge in [-0.1, -0.05) is 37.3 Å². The van der Waals surface area contributed by atoms with Gasteiger partial charge in [-0.15, -0.1) is 0 Å². The molecule has 30 heavy (non-hydrogen) atoms. The van der Waals surface area contributed by atoms with E-state index in [9.17, 15) is 0 Å². The lowest BCUT2D eigenvalue weighted by Gasteiger charge is -2.27. The van der Waals surface area contributed by atoms with E-state index in [0.29, 0.717) is 32.9 Å². The van der Waals surface area contributed by atoms with Crippen LogP contribution in [0.5, 0.6) is 0 Å². The molecule has 1 aromatic carbocycles. The minimum Gasteiger partial charge on any atom is -0.394 e. The van der Waals surface area contributed by atoms with Crippen molar-refractivity contribution in [3.63, 3.8) is 0 Å². The molecule has 0 aromatic heterocycles. The molecule has 0 radical (unpaired) electrons. The fraction of sp³-hybridized carbons (Fsp3) is 0.700. The van der Waals surface area contributed by atoms with Gasteiger partial charge in [-0.25, -0.2) is 0 Å². The number of hydrogen-bond donors (Lipinski definition) is 3. The molecule has 0 saturated heterocycles. The molecule has 0 atom stereocenters. The van der Waals surface area contributed by atoms with Gasteiger partial charge in [-0.05, 0) is 25.6 Å². The first-order valence-electron chi connectivity index (χ1n) is 10.7. The summed E-state index contributed by atoms with van der Waals surface area (Å²) < 4.78 is 28.2. The normalized spacial score (nSPS) is 11.8. The maximum Gasteiger partial charge on any atom is 0.500 e. The largest absolute Gasteiger partial charge is 0.500 e. The van der Waals surface area contributed by atoms with Crippen molar-refractivity contribution in [3.05, 3.63) is 30.3 Å². The highest BCUT2D eigenvalue weighted by Gasteiger charge is 2.38. The second-order valence-corrected chi connectivity index (χ2v) is 12.7. The van der Waals surface area contributed by atoms with E-state index in [4.69, 9.17) is 33.6 Å². The first kappa shape index (κ1) is 29.3. The summed E-state index contributed by atoms with van der Waals surface area (Å²) in [6.07, 6.45) is 0. The van der Waals surface area contributed by atoms with E-state index in [1.54, 1.807) is 14.2 Å². The molecule has 0 heterocycles. The maximum absolute atomic E-state index is 5.80. The van der Waals surface area contributed by atoms with Crippen molar-refractivity contribution < 1.29 is 22.1 Å². The average molecular weight is 462 g/mol. The molecule has 1 rings (SSSR count). The van der Waals surface area contributed by atoms with Crippen LogP contribution >= 0.6 is 0 Å². The van der Waals surface area contributed by atoms with Crippen LogP contribution in [0.25, 0.3) is 0 Å². The molecule has 0 aliphatic carbocycles. The van der Waals surface area contributed by atoms with E-state index in [1.165, 1.54) is 0 Å². The Morgan fingerprint density at radius 2 is 1.43 bits per heavy atom. The lowest BCUT2D eigenvalue weighted by molar-refractivity contribution is 0.0690. The molecule has 0 bridgehead atoms. The zero-order valence-electron chi connectivity index (χ0n) is 19.4. The van der Waals surface area contributed by atoms with Crippen molar-refractivity contribution in [2.45, 2.75) is 32.9 Å². The van der Waals surface area contributed by atoms with E-state index in [0.717, 1.165) is 30.4 Å². The van der Waals surface area contributed by atoms with Crippen LogP contribution in [-0.4, -0.2) is 77.6 Å². The molecule has 8 nitrogen and oxygen atoms in total. The van der Waals surface area contributed by atoms with Gasteiger partial charge in [0, 0.05) is 59.2 Å². The maximum atomic E-state index is 5.80. The van der Waals surface area contributed by atoms with Crippen LogP contribution in [0.15, 0.2) is 30.3 Å². The Balaban J connectivity index is 0.000000564. The van der Waals surface area contributed by atoms with Crippen LogP contribution in [0.2, 0.25) is 12.1 Å². The molecule has 0 aliphatic rings. The van der Waals surface area contributed by atoms with E-state index >= 15 is 0 Å². The number of hydrogen-bond acceptors (Lipinski definition) is 8. The lowest BCUT2D eigenvalue weighted by Crippen LogP contribution is -2.53. The van der Waals surface area contributed by atoms with Crippen LogP contribution in [-0.2, 0) is 22.1 Å². The monoisotopic (exact) mass is 461 g/mol. The highest BCUT2D eigenvalue weighted by molar-refractivity contribution is 6.81. The van der Waals surface area contributed by atoms with Crippen LogP contribution in [0.3, 0.4) is 0 Å². The Kier molecular flexibility index (Phi) is 17.6. The van der Waals surface area contributed by atoms with Gasteiger partial charge in [-0.3, -0.25) is 0 Å². The van der Waals surface area contributed by atoms with Gasteiger partial charge in [0.15, 0.2) is 0 Å². The average Bonchev–Trinajstić information content (AvgIpc) is 2.78. The van der Waals surface area contributed by atoms with Gasteiger partial charge < -0.3 is 38.9 Å². The third kappa shape index (κ3) is 10.6. The summed E-state index contributed by atoms with van der Waals surface area (Å²) in [5.74, 6) is 0. The number of nitrogens with one attached hydrogen (secondary N) is 1. The standard InChI is InChI=1S/C10H26N2O3Si.C10H17NO2Si/c1-4-13-16(6-3,14-5-2)15-10-9-12-8-7-11;1-12-14(13-2,9-8-11)10-6-4-3-5-7-10/h12H,4-11H2,1-3H3;3-7H,8-9,11H2,1-2H3. The highest BCUT2D eigenvalue weighted by atomic mass is 28.4. The third-order valence-electron chi connectivity index (χ3n) is 4.43. The molecule has 0 fully saturated rings. The topological polar surface area (TPSA) is 110 Å². The van der Waals surface area contributed by atoms with Gasteiger partial charge in [-0.2, -0.15) is 0 Å². The Morgan fingerprint density at radius 1 is 0.833 bits per heavy atom. The first-order valence-corrected chi connectivity index (χ1v) is 14.7. The Bertz CT molecular complexity index is 504. The van der Waals surface area contributed by atoms with E-state index in [-0.39, 0.29) is 0 Å². The Labute approximate surface area is 185 Å². The molecule has 0 amide bonds. The van der Waals surface area contributed by atoms with E-state index in [2.05, 4.69) is 5.32 Å². The van der Waals surface area contributed by atoms with Crippen LogP contribution < -0.4 is 22.0 Å². The van der Waals surface area contributed by atoms with Crippen molar-refractivity contribution in [3.8, 4) is 0 Å². The van der Waals surface area contributed by atoms with Crippen LogP contribution in [0.4, 0.5) is 0 Å². The first-order chi connectivity index (χ1) is 14.5. The summed E-state index contributed by atoms with van der Waals surface area (Å²) in [5.41, 5.74) is 11.0. The molecule has 10 heteroatoms. The molecule has 5 N–H and O–H groups in total. The lowest BCUT2D eigenvalue weighted by atomic mass is 10.4. The second kappa shape index (κ2) is 18.0. The van der Waals surface area contributed by atoms with E-state index < -0.39 is 17.4 Å². The van der Waals surface area contributed by atoms with Crippen molar-refractivity contribution in [2.24, 2.45) is 11.5 Å². The van der Waals surface area contributed by atoms with E-state index in [1.807, 2.05) is 51.1 Å². The zero-order chi connectivity index (χ0) is 22.7. The van der Waals surface area contributed by atoms with Crippen molar-refractivity contribution in [2.75, 3.05) is 60.2 Å². The molecular weight excluding hydrogens is 418 g/mol. The van der Waals surface area contributed by atoms with Crippen molar-refractivity contribution in [1.82, 2.24) is 5.32 Å². The zero-order valence-corrected chi connectivity index (χ0v) is 21.4. The minimum absolute atomic E-state index is 0.586. The van der Waals surface area contributed by atoms with Gasteiger partial charge >= 0.3 is 17.4 Å². The number of rotatable bonds is 16. The van der Waals surface area contributed by atoms with Crippen LogP contribution in [0, 0.1) is 0 Å². The summed E-state index contributed by atoms with van der Waals surface area (Å²) in [6.45, 7) is 10.7. The molecule has 176 valence electrons. The fourth-order valence-corrected chi connectivity index (χ4v) is 7.50. The summed E-state index contributed by atoms with van der Waals surface area (Å²) in [7, 11) is -1.26. The summed E-state index contributed by atoms with van der Waals surface area (Å²) in [5, 5.41) is 4.31. The van der Waals surface area contributed by atoms with Gasteiger partial charge in [0.25, 0.3) is 0 Å². The van der Waals surface area contributed by atoms with Gasteiger partial charge in [0.05, 0.1) is 6.61 Å². The summed E-state index contributed by atoms with van der Waals surface area (Å²) >= 11 is 0. The summed E-state index contributed by atoms with van der Waals surface area (Å²) in [6, 6.07) is 11.6. The van der Waals surface area contributed by atoms with Crippen LogP contribution in [0.1, 0.15) is 20.8 Å². The number of benzene rings is 1. The molecular formula is C20H43N3O5Si2. The second-order valence-electron chi connectivity index (χ2n) is 6.36. The van der Waals surface area contributed by atoms with Gasteiger partial charge in [0.2, 0.25) is 0 Å². The smallest absolute Gasteiger partial charge is 0.394 e. The Morgan fingerprint density at radius 3 is 1.87 bits per heavy atom. The molecule has 0 aliphatic heterocycles. The minimum atomic E-state index is -2.40. The van der Waals surface area contributed by atoms with Crippen molar-refractivity contribution >= 4 is 22.6 Å². The summed E-state index contributed by atoms with van der Waals surface area (Å²) in [4.78, 5) is 0. The molecule has 1 aromatic rings. The highest BCUT2D eigenvalue weighted by Crippen LogP contribution is 2.14. The quantitative estimate of drug-likeness (QED) is 0.249.